The van der Waals surface area contributed by atoms with Gasteiger partial charge in [0.1, 0.15) is 16.6 Å². The molecule has 0 unspecified atom stereocenters. The molecule has 2 aromatic heterocycles. The Hall–Kier alpha value is -3.43. The normalized spacial score (nSPS) is 19.7. The summed E-state index contributed by atoms with van der Waals surface area (Å²) < 4.78 is 12.5. The fourth-order valence-corrected chi connectivity index (χ4v) is 3.96. The van der Waals surface area contributed by atoms with Crippen LogP contribution in [0.1, 0.15) is 66.5 Å². The van der Waals surface area contributed by atoms with Crippen LogP contribution in [0, 0.1) is 5.92 Å². The van der Waals surface area contributed by atoms with Gasteiger partial charge in [0.15, 0.2) is 0 Å². The number of carbonyl (C=O) groups is 3. The lowest BCUT2D eigenvalue weighted by molar-refractivity contribution is -0.140. The molecule has 10 nitrogen and oxygen atoms in total. The number of amides is 2. The molecule has 2 amide bonds. The number of ether oxygens (including phenoxy) is 2. The van der Waals surface area contributed by atoms with Gasteiger partial charge in [0, 0.05) is 30.8 Å². The number of pyridine rings is 1. The average Bonchev–Trinajstić information content (AvgIpc) is 3.25. The largest absolute Gasteiger partial charge is 0.481 e. The van der Waals surface area contributed by atoms with Crippen LogP contribution in [0.3, 0.4) is 0 Å². The monoisotopic (exact) mass is 486 g/mol. The van der Waals surface area contributed by atoms with E-state index in [4.69, 9.17) is 9.47 Å². The minimum atomic E-state index is -1.08. The van der Waals surface area contributed by atoms with E-state index in [1.54, 1.807) is 71.0 Å². The molecule has 35 heavy (non-hydrogen) atoms. The SMILES string of the molecule is CC(C)(C)OC(=O)N(CCC[C@H]1C[C@]1(C(=O)O)c1cn(-c2ccncc2)cn1)C(=O)OC(C)(C)C. The first kappa shape index (κ1) is 26.2. The molecule has 1 aliphatic carbocycles. The van der Waals surface area contributed by atoms with Crippen molar-refractivity contribution in [3.63, 3.8) is 0 Å². The van der Waals surface area contributed by atoms with Gasteiger partial charge >= 0.3 is 18.2 Å². The zero-order valence-corrected chi connectivity index (χ0v) is 21.1. The van der Waals surface area contributed by atoms with E-state index >= 15 is 0 Å². The third-order valence-corrected chi connectivity index (χ3v) is 5.65. The molecular formula is C25H34N4O6. The van der Waals surface area contributed by atoms with Crippen molar-refractivity contribution in [1.82, 2.24) is 19.4 Å². The van der Waals surface area contributed by atoms with Crippen LogP contribution in [-0.2, 0) is 19.7 Å². The summed E-state index contributed by atoms with van der Waals surface area (Å²) in [5, 5.41) is 10.0. The van der Waals surface area contributed by atoms with Gasteiger partial charge in [-0.3, -0.25) is 9.78 Å². The Bertz CT molecular complexity index is 1040. The Morgan fingerprint density at radius 1 is 1.09 bits per heavy atom. The second-order valence-electron chi connectivity index (χ2n) is 10.8. The first-order valence-corrected chi connectivity index (χ1v) is 11.6. The Balaban J connectivity index is 1.68. The van der Waals surface area contributed by atoms with Crippen LogP contribution < -0.4 is 0 Å². The van der Waals surface area contributed by atoms with Crippen LogP contribution in [-0.4, -0.2) is 60.4 Å². The molecule has 2 heterocycles. The summed E-state index contributed by atoms with van der Waals surface area (Å²) in [6.45, 7) is 10.4. The fourth-order valence-electron chi connectivity index (χ4n) is 3.96. The van der Waals surface area contributed by atoms with Crippen LogP contribution in [0.2, 0.25) is 0 Å². The van der Waals surface area contributed by atoms with Crippen molar-refractivity contribution in [3.05, 3.63) is 42.7 Å². The first-order chi connectivity index (χ1) is 16.2. The Morgan fingerprint density at radius 2 is 1.66 bits per heavy atom. The predicted octanol–water partition coefficient (Wildman–Crippen LogP) is 4.56. The summed E-state index contributed by atoms with van der Waals surface area (Å²) in [5.41, 5.74) is -1.31. The third-order valence-electron chi connectivity index (χ3n) is 5.65. The smallest absolute Gasteiger partial charge is 0.419 e. The number of imide groups is 1. The van der Waals surface area contributed by atoms with Crippen LogP contribution in [0.5, 0.6) is 0 Å². The van der Waals surface area contributed by atoms with E-state index in [1.165, 1.54) is 0 Å². The molecule has 0 radical (unpaired) electrons. The van der Waals surface area contributed by atoms with Crippen molar-refractivity contribution in [2.75, 3.05) is 6.54 Å². The molecule has 190 valence electrons. The van der Waals surface area contributed by atoms with Gasteiger partial charge in [-0.2, -0.15) is 0 Å². The molecular weight excluding hydrogens is 452 g/mol. The predicted molar refractivity (Wildman–Crippen MR) is 127 cm³/mol. The first-order valence-electron chi connectivity index (χ1n) is 11.6. The van der Waals surface area contributed by atoms with E-state index in [0.29, 0.717) is 25.0 Å². The summed E-state index contributed by atoms with van der Waals surface area (Å²) >= 11 is 0. The van der Waals surface area contributed by atoms with Crippen LogP contribution in [0.15, 0.2) is 37.1 Å². The van der Waals surface area contributed by atoms with Crippen LogP contribution in [0.25, 0.3) is 5.69 Å². The highest BCUT2D eigenvalue weighted by Gasteiger charge is 2.62. The van der Waals surface area contributed by atoms with E-state index < -0.39 is 34.8 Å². The number of aliphatic carboxylic acids is 1. The Kier molecular flexibility index (Phi) is 7.23. The van der Waals surface area contributed by atoms with E-state index in [2.05, 4.69) is 9.97 Å². The number of aromatic nitrogens is 3. The summed E-state index contributed by atoms with van der Waals surface area (Å²) in [7, 11) is 0. The van der Waals surface area contributed by atoms with Crippen molar-refractivity contribution in [1.29, 1.82) is 0 Å². The van der Waals surface area contributed by atoms with Crippen molar-refractivity contribution < 1.29 is 29.0 Å². The van der Waals surface area contributed by atoms with Crippen molar-refractivity contribution in [2.24, 2.45) is 5.92 Å². The van der Waals surface area contributed by atoms with Gasteiger partial charge in [-0.05, 0) is 78.9 Å². The Morgan fingerprint density at radius 3 is 2.17 bits per heavy atom. The maximum absolute atomic E-state index is 12.7. The van der Waals surface area contributed by atoms with E-state index in [9.17, 15) is 19.5 Å². The number of hydrogen-bond acceptors (Lipinski definition) is 7. The minimum absolute atomic E-state index is 0.0570. The zero-order valence-electron chi connectivity index (χ0n) is 21.1. The number of nitrogens with zero attached hydrogens (tertiary/aromatic N) is 4. The summed E-state index contributed by atoms with van der Waals surface area (Å²) in [4.78, 5) is 46.9. The molecule has 1 saturated carbocycles. The zero-order chi connectivity index (χ0) is 26.0. The number of hydrogen-bond donors (Lipinski definition) is 1. The minimum Gasteiger partial charge on any atom is -0.481 e. The summed E-state index contributed by atoms with van der Waals surface area (Å²) in [6, 6.07) is 3.62. The molecule has 0 aliphatic heterocycles. The molecule has 3 rings (SSSR count). The highest BCUT2D eigenvalue weighted by Crippen LogP contribution is 2.56. The number of carboxylic acids is 1. The second kappa shape index (κ2) is 9.67. The van der Waals surface area contributed by atoms with Gasteiger partial charge in [-0.25, -0.2) is 19.5 Å². The van der Waals surface area contributed by atoms with Gasteiger partial charge in [-0.15, -0.1) is 0 Å². The van der Waals surface area contributed by atoms with Crippen molar-refractivity contribution in [2.45, 2.75) is 77.4 Å². The number of carboxylic acid groups (broad SMARTS) is 1. The highest BCUT2D eigenvalue weighted by molar-refractivity contribution is 5.88. The molecule has 10 heteroatoms. The molecule has 2 aromatic rings. The number of rotatable bonds is 7. The van der Waals surface area contributed by atoms with Crippen LogP contribution in [0.4, 0.5) is 9.59 Å². The lowest BCUT2D eigenvalue weighted by Crippen LogP contribution is -2.44. The number of imidazole rings is 1. The lowest BCUT2D eigenvalue weighted by Gasteiger charge is -2.28. The van der Waals surface area contributed by atoms with Gasteiger partial charge < -0.3 is 19.1 Å². The summed E-state index contributed by atoms with van der Waals surface area (Å²) in [5.74, 6) is -1.10. The second-order valence-corrected chi connectivity index (χ2v) is 10.8. The van der Waals surface area contributed by atoms with Gasteiger partial charge in [-0.1, -0.05) is 0 Å². The van der Waals surface area contributed by atoms with E-state index in [1.807, 2.05) is 12.1 Å². The van der Waals surface area contributed by atoms with E-state index in [-0.39, 0.29) is 12.5 Å². The molecule has 0 aromatic carbocycles. The van der Waals surface area contributed by atoms with Crippen LogP contribution >= 0.6 is 0 Å². The molecule has 0 bridgehead atoms. The molecule has 1 aliphatic rings. The van der Waals surface area contributed by atoms with E-state index in [0.717, 1.165) is 10.6 Å². The highest BCUT2D eigenvalue weighted by atomic mass is 16.6. The maximum Gasteiger partial charge on any atom is 0.419 e. The average molecular weight is 487 g/mol. The summed E-state index contributed by atoms with van der Waals surface area (Å²) in [6.07, 6.45) is 6.40. The molecule has 2 atom stereocenters. The van der Waals surface area contributed by atoms with Gasteiger partial charge in [0.05, 0.1) is 12.0 Å². The maximum atomic E-state index is 12.7. The Labute approximate surface area is 205 Å². The lowest BCUT2D eigenvalue weighted by atomic mass is 9.97. The molecule has 1 N–H and O–H groups in total. The topological polar surface area (TPSA) is 124 Å². The molecule has 0 spiro atoms. The standard InChI is InChI=1S/C25H34N4O6/c1-23(2,3)34-21(32)29(22(33)35-24(4,5)6)13-7-8-17-14-25(17,20(30)31)19-15-28(16-27-19)18-9-11-26-12-10-18/h9-12,15-17H,7-8,13-14H2,1-6H3,(H,30,31)/t17-,25+/m0/s1. The van der Waals surface area contributed by atoms with Gasteiger partial charge in [0.25, 0.3) is 0 Å². The molecule has 1 fully saturated rings. The number of carbonyl (C=O) groups excluding carboxylic acids is 2. The van der Waals surface area contributed by atoms with Crippen molar-refractivity contribution >= 4 is 18.2 Å². The third kappa shape index (κ3) is 6.37. The quantitative estimate of drug-likeness (QED) is 0.604. The van der Waals surface area contributed by atoms with Gasteiger partial charge in [0.2, 0.25) is 0 Å². The molecule has 0 saturated heterocycles. The van der Waals surface area contributed by atoms with Crippen molar-refractivity contribution in [3.8, 4) is 5.69 Å². The fraction of sp³-hybridized carbons (Fsp3) is 0.560.